The molecule has 2 rings (SSSR count). The highest BCUT2D eigenvalue weighted by Gasteiger charge is 2.10. The lowest BCUT2D eigenvalue weighted by atomic mass is 10.1. The van der Waals surface area contributed by atoms with Gasteiger partial charge >= 0.3 is 0 Å². The van der Waals surface area contributed by atoms with Gasteiger partial charge in [0.2, 0.25) is 12.8 Å². The number of rotatable bonds is 6. The molecule has 0 spiro atoms. The van der Waals surface area contributed by atoms with Crippen LogP contribution in [0.4, 0.5) is 0 Å². The van der Waals surface area contributed by atoms with Crippen LogP contribution in [-0.4, -0.2) is 19.0 Å². The molecule has 1 aromatic heterocycles. The molecular weight excluding hydrogens is 236 g/mol. The molecule has 0 saturated heterocycles. The van der Waals surface area contributed by atoms with Crippen LogP contribution in [0.5, 0.6) is 0 Å². The fourth-order valence-electron chi connectivity index (χ4n) is 1.74. The van der Waals surface area contributed by atoms with Gasteiger partial charge in [0.1, 0.15) is 6.17 Å². The Hall–Kier alpha value is -1.88. The Morgan fingerprint density at radius 1 is 1.18 bits per heavy atom. The van der Waals surface area contributed by atoms with Gasteiger partial charge in [-0.3, -0.25) is 9.59 Å². The molecule has 0 saturated carbocycles. The Labute approximate surface area is 103 Å². The van der Waals surface area contributed by atoms with E-state index in [4.69, 9.17) is 0 Å². The highest BCUT2D eigenvalue weighted by molar-refractivity contribution is 7.17. The average Bonchev–Trinajstić information content (AvgIpc) is 2.74. The van der Waals surface area contributed by atoms with E-state index in [1.54, 1.807) is 11.3 Å². The van der Waals surface area contributed by atoms with Crippen LogP contribution in [0.25, 0.3) is 10.1 Å². The van der Waals surface area contributed by atoms with E-state index in [-0.39, 0.29) is 6.17 Å². The van der Waals surface area contributed by atoms with Crippen LogP contribution in [0, 0.1) is 0 Å². The largest absolute Gasteiger partial charge is 0.338 e. The van der Waals surface area contributed by atoms with Gasteiger partial charge in [-0.1, -0.05) is 18.2 Å². The van der Waals surface area contributed by atoms with E-state index in [1.807, 2.05) is 18.2 Å². The third kappa shape index (κ3) is 2.62. The number of carbonyl (C=O) groups is 2. The number of hydrogen-bond donors (Lipinski definition) is 2. The highest BCUT2D eigenvalue weighted by Crippen LogP contribution is 2.26. The first-order valence-electron chi connectivity index (χ1n) is 5.19. The predicted octanol–water partition coefficient (Wildman–Crippen LogP) is 1.26. The van der Waals surface area contributed by atoms with E-state index >= 15 is 0 Å². The number of amides is 2. The molecule has 0 bridgehead atoms. The Morgan fingerprint density at radius 2 is 1.88 bits per heavy atom. The summed E-state index contributed by atoms with van der Waals surface area (Å²) in [5, 5.41) is 8.36. The minimum absolute atomic E-state index is 0.358. The van der Waals surface area contributed by atoms with Gasteiger partial charge in [-0.2, -0.15) is 0 Å². The third-order valence-electron chi connectivity index (χ3n) is 2.52. The summed E-state index contributed by atoms with van der Waals surface area (Å²) in [6.07, 6.45) is 1.41. The maximum absolute atomic E-state index is 10.4. The Morgan fingerprint density at radius 3 is 2.59 bits per heavy atom. The van der Waals surface area contributed by atoms with Crippen molar-refractivity contribution >= 4 is 34.2 Å². The molecule has 1 heterocycles. The number of fused-ring (bicyclic) bond motifs is 1. The zero-order chi connectivity index (χ0) is 12.1. The molecular formula is C12H12N2O2S. The molecule has 4 nitrogen and oxygen atoms in total. The van der Waals surface area contributed by atoms with E-state index in [0.717, 1.165) is 5.56 Å². The first kappa shape index (κ1) is 11.6. The summed E-state index contributed by atoms with van der Waals surface area (Å²) >= 11 is 1.66. The van der Waals surface area contributed by atoms with Crippen molar-refractivity contribution in [1.29, 1.82) is 0 Å². The van der Waals surface area contributed by atoms with Gasteiger partial charge in [0.15, 0.2) is 0 Å². The van der Waals surface area contributed by atoms with Gasteiger partial charge in [-0.15, -0.1) is 11.3 Å². The summed E-state index contributed by atoms with van der Waals surface area (Å²) in [4.78, 5) is 20.8. The molecule has 0 aliphatic carbocycles. The monoisotopic (exact) mass is 248 g/mol. The molecule has 1 aromatic carbocycles. The zero-order valence-corrected chi connectivity index (χ0v) is 9.87. The normalized spacial score (nSPS) is 10.4. The first-order chi connectivity index (χ1) is 8.35. The Bertz CT molecular complexity index is 514. The molecule has 0 aliphatic heterocycles. The second-order valence-electron chi connectivity index (χ2n) is 3.58. The van der Waals surface area contributed by atoms with Crippen LogP contribution in [0.15, 0.2) is 29.6 Å². The van der Waals surface area contributed by atoms with E-state index in [9.17, 15) is 9.59 Å². The van der Waals surface area contributed by atoms with Gasteiger partial charge in [0.25, 0.3) is 0 Å². The van der Waals surface area contributed by atoms with Crippen LogP contribution in [0.2, 0.25) is 0 Å². The van der Waals surface area contributed by atoms with Crippen molar-refractivity contribution in [2.45, 2.75) is 12.6 Å². The fraction of sp³-hybridized carbons (Fsp3) is 0.167. The molecule has 0 unspecified atom stereocenters. The molecule has 0 aliphatic rings. The molecule has 2 N–H and O–H groups in total. The second-order valence-corrected chi connectivity index (χ2v) is 4.49. The molecule has 88 valence electrons. The van der Waals surface area contributed by atoms with Gasteiger partial charge in [-0.25, -0.2) is 0 Å². The quantitative estimate of drug-likeness (QED) is 0.597. The number of carbonyl (C=O) groups excluding carboxylic acids is 2. The van der Waals surface area contributed by atoms with E-state index < -0.39 is 0 Å². The summed E-state index contributed by atoms with van der Waals surface area (Å²) < 4.78 is 1.21. The lowest BCUT2D eigenvalue weighted by molar-refractivity contribution is -0.112. The second kappa shape index (κ2) is 5.45. The topological polar surface area (TPSA) is 58.2 Å². The zero-order valence-electron chi connectivity index (χ0n) is 9.05. The van der Waals surface area contributed by atoms with Crippen LogP contribution in [0.3, 0.4) is 0 Å². The number of nitrogens with one attached hydrogen (secondary N) is 2. The molecule has 2 amide bonds. The fourth-order valence-corrected chi connectivity index (χ4v) is 2.72. The van der Waals surface area contributed by atoms with E-state index in [0.29, 0.717) is 19.2 Å². The molecule has 0 fully saturated rings. The number of thiophene rings is 1. The lowest BCUT2D eigenvalue weighted by Gasteiger charge is -2.14. The standard InChI is InChI=1S/C12H12N2O2S/c15-7-13-12(14-8-16)5-9-6-17-11-4-2-1-3-10(9)11/h1-4,6-8,12H,5H2,(H,13,15)(H,14,16). The van der Waals surface area contributed by atoms with Gasteiger partial charge < -0.3 is 10.6 Å². The van der Waals surface area contributed by atoms with Crippen molar-refractivity contribution in [3.8, 4) is 0 Å². The van der Waals surface area contributed by atoms with Gasteiger partial charge in [-0.05, 0) is 22.4 Å². The van der Waals surface area contributed by atoms with E-state index in [2.05, 4.69) is 22.1 Å². The molecule has 17 heavy (non-hydrogen) atoms. The smallest absolute Gasteiger partial charge is 0.208 e. The highest BCUT2D eigenvalue weighted by atomic mass is 32.1. The molecule has 5 heteroatoms. The van der Waals surface area contributed by atoms with Crippen molar-refractivity contribution < 1.29 is 9.59 Å². The van der Waals surface area contributed by atoms with Crippen molar-refractivity contribution in [3.63, 3.8) is 0 Å². The Kier molecular flexibility index (Phi) is 3.72. The van der Waals surface area contributed by atoms with Crippen LogP contribution >= 0.6 is 11.3 Å². The SMILES string of the molecule is O=CNC(Cc1csc2ccccc12)NC=O. The molecule has 2 aromatic rings. The summed E-state index contributed by atoms with van der Waals surface area (Å²) in [6.45, 7) is 0. The van der Waals surface area contributed by atoms with Crippen molar-refractivity contribution in [3.05, 3.63) is 35.2 Å². The summed E-state index contributed by atoms with van der Waals surface area (Å²) in [7, 11) is 0. The van der Waals surface area contributed by atoms with Gasteiger partial charge in [0.05, 0.1) is 0 Å². The molecule has 0 radical (unpaired) electrons. The minimum Gasteiger partial charge on any atom is -0.338 e. The van der Waals surface area contributed by atoms with Crippen LogP contribution in [0.1, 0.15) is 5.56 Å². The van der Waals surface area contributed by atoms with Crippen molar-refractivity contribution in [2.75, 3.05) is 0 Å². The number of benzene rings is 1. The van der Waals surface area contributed by atoms with Crippen LogP contribution in [-0.2, 0) is 16.0 Å². The summed E-state index contributed by atoms with van der Waals surface area (Å²) in [5.41, 5.74) is 1.12. The van der Waals surface area contributed by atoms with Crippen LogP contribution < -0.4 is 10.6 Å². The van der Waals surface area contributed by atoms with E-state index in [1.165, 1.54) is 10.1 Å². The summed E-state index contributed by atoms with van der Waals surface area (Å²) in [6, 6.07) is 8.07. The minimum atomic E-state index is -0.358. The lowest BCUT2D eigenvalue weighted by Crippen LogP contribution is -2.42. The predicted molar refractivity (Wildman–Crippen MR) is 67.7 cm³/mol. The summed E-state index contributed by atoms with van der Waals surface area (Å²) in [5.74, 6) is 0. The average molecular weight is 248 g/mol. The Balaban J connectivity index is 2.21. The van der Waals surface area contributed by atoms with Crippen molar-refractivity contribution in [2.24, 2.45) is 0 Å². The maximum atomic E-state index is 10.4. The van der Waals surface area contributed by atoms with Gasteiger partial charge in [0, 0.05) is 11.1 Å². The van der Waals surface area contributed by atoms with Crippen molar-refractivity contribution in [1.82, 2.24) is 10.6 Å². The first-order valence-corrected chi connectivity index (χ1v) is 6.07. The molecule has 0 atom stereocenters. The maximum Gasteiger partial charge on any atom is 0.208 e. The third-order valence-corrected chi connectivity index (χ3v) is 3.54. The number of hydrogen-bond acceptors (Lipinski definition) is 3.